The molecule has 1 saturated heterocycles. The smallest absolute Gasteiger partial charge is 0.338 e. The number of esters is 1. The lowest BCUT2D eigenvalue weighted by Gasteiger charge is -2.43. The van der Waals surface area contributed by atoms with E-state index in [0.717, 1.165) is 27.5 Å². The van der Waals surface area contributed by atoms with E-state index in [1.807, 2.05) is 43.3 Å². The number of anilines is 2. The highest BCUT2D eigenvalue weighted by atomic mass is 32.2. The zero-order valence-electron chi connectivity index (χ0n) is 28.0. The van der Waals surface area contributed by atoms with Gasteiger partial charge >= 0.3 is 10.8 Å². The number of amides is 3. The average Bonchev–Trinajstić information content (AvgIpc) is 3.87. The van der Waals surface area contributed by atoms with Crippen molar-refractivity contribution in [3.8, 4) is 11.5 Å². The number of nitrogens with one attached hydrogen (secondary N) is 2. The first-order chi connectivity index (χ1) is 24.7. The second kappa shape index (κ2) is 13.0. The van der Waals surface area contributed by atoms with Crippen LogP contribution in [-0.2, 0) is 19.1 Å². The van der Waals surface area contributed by atoms with Crippen molar-refractivity contribution in [2.75, 3.05) is 30.5 Å². The fraction of sp³-hybridized carbons (Fsp3) is 0.342. The molecule has 11 nitrogen and oxygen atoms in total. The highest BCUT2D eigenvalue weighted by Crippen LogP contribution is 2.68. The van der Waals surface area contributed by atoms with E-state index in [0.29, 0.717) is 28.4 Å². The van der Waals surface area contributed by atoms with E-state index in [1.54, 1.807) is 49.0 Å². The number of rotatable bonds is 9. The molecular weight excluding hydrogens is 691 g/mol. The van der Waals surface area contributed by atoms with Crippen LogP contribution in [0.15, 0.2) is 76.6 Å². The summed E-state index contributed by atoms with van der Waals surface area (Å²) in [6.45, 7) is 3.67. The monoisotopic (exact) mass is 725 g/mol. The third-order valence-electron chi connectivity index (χ3n) is 10.7. The summed E-state index contributed by atoms with van der Waals surface area (Å²) in [6, 6.07) is 19.5. The number of methoxy groups -OCH3 is 1. The summed E-state index contributed by atoms with van der Waals surface area (Å²) in [5, 5.41) is 3.68. The molecule has 2 aliphatic heterocycles. The highest BCUT2D eigenvalue weighted by molar-refractivity contribution is 8.00. The van der Waals surface area contributed by atoms with E-state index in [4.69, 9.17) is 14.2 Å². The Morgan fingerprint density at radius 2 is 1.71 bits per heavy atom. The van der Waals surface area contributed by atoms with E-state index < -0.39 is 17.8 Å². The molecule has 3 amide bonds. The van der Waals surface area contributed by atoms with Gasteiger partial charge in [0, 0.05) is 21.7 Å². The average molecular weight is 726 g/mol. The van der Waals surface area contributed by atoms with Gasteiger partial charge < -0.3 is 24.5 Å². The van der Waals surface area contributed by atoms with E-state index in [1.165, 1.54) is 23.3 Å². The summed E-state index contributed by atoms with van der Waals surface area (Å²) < 4.78 is 16.8. The number of aryl methyl sites for hydroxylation is 1. The standard InChI is InChI=1S/C38H35N3O8S2/c1-4-48-37(45)19-9-12-21(13-10-19)41-35(43)30-22-16-23(31(30)36(41)44)32-29(22)28(33-34(50-32)40-38(46)51-33)20-11-14-25(26(15-20)47-3)49-17-27(42)39-24-8-6-5-7-18(24)2/h5-15,22-23,28-32H,4,16-17H2,1-3H3,(H,39,42)(H,40,46)/t22?,23?,28-,29?,30?,31?,32?/m1/s1. The maximum Gasteiger partial charge on any atom is 0.338 e. The van der Waals surface area contributed by atoms with Gasteiger partial charge in [0.1, 0.15) is 0 Å². The SMILES string of the molecule is CCOC(=O)c1ccc(N2C(=O)C3C4CC(C3C2=O)C2C4Sc3[nH]c(=O)sc3[C@@H]2c2ccc(OCC(=O)Nc3ccccc3C)c(OC)c2)cc1. The molecule has 2 bridgehead atoms. The lowest BCUT2D eigenvalue weighted by molar-refractivity contribution is -0.123. The van der Waals surface area contributed by atoms with Crippen LogP contribution in [0.5, 0.6) is 11.5 Å². The molecule has 2 N–H and O–H groups in total. The molecule has 7 atom stereocenters. The Bertz CT molecular complexity index is 2130. The summed E-state index contributed by atoms with van der Waals surface area (Å²) in [7, 11) is 1.54. The van der Waals surface area contributed by atoms with E-state index in [9.17, 15) is 24.0 Å². The van der Waals surface area contributed by atoms with E-state index >= 15 is 0 Å². The number of nitrogens with zero attached hydrogens (tertiary/aromatic N) is 1. The fourth-order valence-corrected chi connectivity index (χ4v) is 11.5. The number of ether oxygens (including phenoxy) is 3. The fourth-order valence-electron chi connectivity index (χ4n) is 8.65. The Balaban J connectivity index is 1.07. The number of imide groups is 1. The first kappa shape index (κ1) is 33.3. The maximum atomic E-state index is 14.2. The van der Waals surface area contributed by atoms with Crippen molar-refractivity contribution in [1.29, 1.82) is 0 Å². The number of aromatic nitrogens is 1. The van der Waals surface area contributed by atoms with E-state index in [2.05, 4.69) is 10.3 Å². The molecule has 3 heterocycles. The van der Waals surface area contributed by atoms with Crippen molar-refractivity contribution >= 4 is 58.2 Å². The summed E-state index contributed by atoms with van der Waals surface area (Å²) in [4.78, 5) is 70.9. The molecule has 2 saturated carbocycles. The van der Waals surface area contributed by atoms with Crippen LogP contribution in [0.3, 0.4) is 0 Å². The van der Waals surface area contributed by atoms with Gasteiger partial charge in [0.05, 0.1) is 41.8 Å². The van der Waals surface area contributed by atoms with Crippen LogP contribution < -0.4 is 24.6 Å². The number of thiazole rings is 1. The van der Waals surface area contributed by atoms with Gasteiger partial charge in [-0.25, -0.2) is 4.79 Å². The van der Waals surface area contributed by atoms with Gasteiger partial charge in [0.25, 0.3) is 5.91 Å². The Morgan fingerprint density at radius 3 is 2.43 bits per heavy atom. The van der Waals surface area contributed by atoms with Crippen molar-refractivity contribution in [3.05, 3.63) is 98.0 Å². The van der Waals surface area contributed by atoms with Gasteiger partial charge in [-0.1, -0.05) is 35.6 Å². The minimum absolute atomic E-state index is 0.00829. The number of fused-ring (bicyclic) bond motifs is 9. The number of hydrogen-bond acceptors (Lipinski definition) is 10. The first-order valence-electron chi connectivity index (χ1n) is 16.9. The molecule has 13 heteroatoms. The maximum absolute atomic E-state index is 14.2. The lowest BCUT2D eigenvalue weighted by Crippen LogP contribution is -2.42. The number of carbonyl (C=O) groups excluding carboxylic acids is 4. The van der Waals surface area contributed by atoms with Crippen LogP contribution >= 0.6 is 23.1 Å². The van der Waals surface area contributed by atoms with Crippen molar-refractivity contribution in [2.24, 2.45) is 29.6 Å². The number of thioether (sulfide) groups is 1. The van der Waals surface area contributed by atoms with Crippen molar-refractivity contribution in [1.82, 2.24) is 4.98 Å². The number of H-pyrrole nitrogens is 1. The number of benzene rings is 3. The van der Waals surface area contributed by atoms with Crippen LogP contribution in [0, 0.1) is 36.5 Å². The third kappa shape index (κ3) is 5.53. The summed E-state index contributed by atoms with van der Waals surface area (Å²) in [5.74, 6) is -1.66. The Morgan fingerprint density at radius 1 is 0.961 bits per heavy atom. The number of hydrogen-bond donors (Lipinski definition) is 2. The van der Waals surface area contributed by atoms with Crippen LogP contribution in [0.1, 0.15) is 45.6 Å². The predicted octanol–water partition coefficient (Wildman–Crippen LogP) is 5.63. The van der Waals surface area contributed by atoms with Crippen molar-refractivity contribution < 1.29 is 33.4 Å². The van der Waals surface area contributed by atoms with Crippen molar-refractivity contribution in [3.63, 3.8) is 0 Å². The molecular formula is C38H35N3O8S2. The van der Waals surface area contributed by atoms with Crippen LogP contribution in [0.4, 0.5) is 11.4 Å². The molecule has 0 radical (unpaired) electrons. The summed E-state index contributed by atoms with van der Waals surface area (Å²) >= 11 is 2.79. The van der Waals surface area contributed by atoms with Gasteiger partial charge in [-0.2, -0.15) is 0 Å². The third-order valence-corrected chi connectivity index (χ3v) is 13.3. The van der Waals surface area contributed by atoms with Gasteiger partial charge in [0.2, 0.25) is 11.8 Å². The molecule has 8 rings (SSSR count). The molecule has 0 spiro atoms. The number of para-hydroxylation sites is 1. The Kier molecular flexibility index (Phi) is 8.50. The molecule has 4 aromatic rings. The van der Waals surface area contributed by atoms with Gasteiger partial charge in [-0.3, -0.25) is 24.1 Å². The topological polar surface area (TPSA) is 144 Å². The molecule has 262 valence electrons. The molecule has 51 heavy (non-hydrogen) atoms. The first-order valence-corrected chi connectivity index (χ1v) is 18.6. The minimum atomic E-state index is -0.481. The molecule has 3 fully saturated rings. The van der Waals surface area contributed by atoms with Crippen molar-refractivity contribution in [2.45, 2.75) is 36.5 Å². The van der Waals surface area contributed by atoms with Crippen LogP contribution in [0.2, 0.25) is 0 Å². The van der Waals surface area contributed by atoms with Gasteiger partial charge in [-0.15, -0.1) is 11.8 Å². The summed E-state index contributed by atoms with van der Waals surface area (Å²) in [5.41, 5.74) is 3.35. The zero-order valence-corrected chi connectivity index (χ0v) is 29.7. The summed E-state index contributed by atoms with van der Waals surface area (Å²) in [6.07, 6.45) is 0.745. The molecule has 1 aromatic heterocycles. The lowest BCUT2D eigenvalue weighted by atomic mass is 9.68. The van der Waals surface area contributed by atoms with E-state index in [-0.39, 0.29) is 64.7 Å². The largest absolute Gasteiger partial charge is 0.493 e. The van der Waals surface area contributed by atoms with Crippen LogP contribution in [-0.4, -0.2) is 54.2 Å². The molecule has 3 aromatic carbocycles. The van der Waals surface area contributed by atoms with Gasteiger partial charge in [-0.05, 0) is 91.6 Å². The minimum Gasteiger partial charge on any atom is -0.493 e. The quantitative estimate of drug-likeness (QED) is 0.166. The molecule has 6 unspecified atom stereocenters. The number of carbonyl (C=O) groups is 4. The normalized spacial score (nSPS) is 25.6. The second-order valence-electron chi connectivity index (χ2n) is 13.3. The zero-order chi connectivity index (χ0) is 35.6. The van der Waals surface area contributed by atoms with Gasteiger partial charge in [0.15, 0.2) is 18.1 Å². The Hall–Kier alpha value is -4.88. The predicted molar refractivity (Wildman–Crippen MR) is 192 cm³/mol. The van der Waals surface area contributed by atoms with Crippen LogP contribution in [0.25, 0.3) is 0 Å². The number of aromatic amines is 1. The highest BCUT2D eigenvalue weighted by Gasteiger charge is 2.69. The molecule has 4 aliphatic rings. The Labute approximate surface area is 301 Å². The molecule has 2 aliphatic carbocycles. The second-order valence-corrected chi connectivity index (χ2v) is 15.5.